The Hall–Kier alpha value is -1.04. The van der Waals surface area contributed by atoms with E-state index < -0.39 is 11.6 Å². The van der Waals surface area contributed by atoms with Crippen molar-refractivity contribution in [2.24, 2.45) is 0 Å². The fraction of sp³-hybridized carbons (Fsp3) is 0.600. The van der Waals surface area contributed by atoms with Crippen LogP contribution in [0, 0.1) is 11.6 Å². The number of halogens is 2. The smallest absolute Gasteiger partial charge is 0.126 e. The molecule has 0 aliphatic carbocycles. The molecule has 0 saturated carbocycles. The van der Waals surface area contributed by atoms with E-state index in [4.69, 9.17) is 4.74 Å². The van der Waals surface area contributed by atoms with Crippen molar-refractivity contribution in [1.82, 2.24) is 10.2 Å². The largest absolute Gasteiger partial charge is 0.374 e. The monoisotopic (exact) mass is 284 g/mol. The summed E-state index contributed by atoms with van der Waals surface area (Å²) in [5.41, 5.74) is 0.591. The fourth-order valence-electron chi connectivity index (χ4n) is 2.77. The molecule has 0 spiro atoms. The van der Waals surface area contributed by atoms with Crippen molar-refractivity contribution in [2.45, 2.75) is 25.5 Å². The van der Waals surface area contributed by atoms with Crippen molar-refractivity contribution in [3.05, 3.63) is 35.4 Å². The number of nitrogens with one attached hydrogen (secondary N) is 1. The summed E-state index contributed by atoms with van der Waals surface area (Å²) < 4.78 is 32.5. The zero-order valence-electron chi connectivity index (χ0n) is 12.0. The number of hydrogen-bond donors (Lipinski definition) is 1. The zero-order valence-corrected chi connectivity index (χ0v) is 12.0. The van der Waals surface area contributed by atoms with Crippen LogP contribution in [0.2, 0.25) is 0 Å². The van der Waals surface area contributed by atoms with Crippen LogP contribution < -0.4 is 5.32 Å². The molecular weight excluding hydrogens is 262 g/mol. The highest BCUT2D eigenvalue weighted by Gasteiger charge is 2.28. The molecule has 1 fully saturated rings. The van der Waals surface area contributed by atoms with E-state index in [0.29, 0.717) is 12.2 Å². The lowest BCUT2D eigenvalue weighted by atomic mass is 9.99. The molecule has 1 aromatic rings. The third kappa shape index (κ3) is 3.75. The predicted octanol–water partition coefficient (Wildman–Crippen LogP) is 2.34. The van der Waals surface area contributed by atoms with Gasteiger partial charge in [-0.15, -0.1) is 0 Å². The first-order valence-corrected chi connectivity index (χ1v) is 7.11. The minimum absolute atomic E-state index is 0.0958. The molecule has 2 unspecified atom stereocenters. The van der Waals surface area contributed by atoms with Gasteiger partial charge in [-0.3, -0.25) is 4.90 Å². The minimum Gasteiger partial charge on any atom is -0.374 e. The molecule has 1 aliphatic heterocycles. The molecule has 2 rings (SSSR count). The van der Waals surface area contributed by atoms with E-state index in [1.165, 1.54) is 12.1 Å². The maximum Gasteiger partial charge on any atom is 0.126 e. The molecule has 0 aromatic heterocycles. The molecule has 112 valence electrons. The van der Waals surface area contributed by atoms with Crippen LogP contribution in [0.25, 0.3) is 0 Å². The highest BCUT2D eigenvalue weighted by molar-refractivity contribution is 5.22. The van der Waals surface area contributed by atoms with Crippen LogP contribution in [-0.4, -0.2) is 44.3 Å². The summed E-state index contributed by atoms with van der Waals surface area (Å²) in [6, 6.07) is 3.42. The van der Waals surface area contributed by atoms with Gasteiger partial charge in [-0.1, -0.05) is 6.92 Å². The first-order chi connectivity index (χ1) is 9.63. The maximum atomic E-state index is 13.4. The number of hydrogen-bond acceptors (Lipinski definition) is 3. The van der Waals surface area contributed by atoms with E-state index >= 15 is 0 Å². The molecule has 1 aromatic carbocycles. The highest BCUT2D eigenvalue weighted by Crippen LogP contribution is 2.24. The van der Waals surface area contributed by atoms with Gasteiger partial charge in [-0.25, -0.2) is 8.78 Å². The number of benzene rings is 1. The molecule has 3 nitrogen and oxygen atoms in total. The second-order valence-corrected chi connectivity index (χ2v) is 5.18. The molecule has 0 radical (unpaired) electrons. The van der Waals surface area contributed by atoms with Crippen molar-refractivity contribution in [1.29, 1.82) is 0 Å². The first-order valence-electron chi connectivity index (χ1n) is 7.11. The van der Waals surface area contributed by atoms with E-state index in [2.05, 4.69) is 17.1 Å². The molecule has 20 heavy (non-hydrogen) atoms. The van der Waals surface area contributed by atoms with Crippen LogP contribution >= 0.6 is 0 Å². The van der Waals surface area contributed by atoms with Crippen molar-refractivity contribution >= 4 is 0 Å². The zero-order chi connectivity index (χ0) is 14.5. The van der Waals surface area contributed by atoms with Gasteiger partial charge in [0.15, 0.2) is 0 Å². The minimum atomic E-state index is -0.554. The van der Waals surface area contributed by atoms with Crippen LogP contribution in [0.1, 0.15) is 24.9 Å². The standard InChI is InChI=1S/C15H22F2N2O/c1-3-4-19-5-6-20-14(10-19)15(18-2)11-7-12(16)9-13(17)8-11/h7-9,14-15,18H,3-6,10H2,1-2H3. The van der Waals surface area contributed by atoms with Gasteiger partial charge in [0.2, 0.25) is 0 Å². The molecule has 5 heteroatoms. The number of nitrogens with zero attached hydrogens (tertiary/aromatic N) is 1. The van der Waals surface area contributed by atoms with Gasteiger partial charge in [0, 0.05) is 19.2 Å². The van der Waals surface area contributed by atoms with Crippen LogP contribution in [0.15, 0.2) is 18.2 Å². The Morgan fingerprint density at radius 1 is 1.35 bits per heavy atom. The van der Waals surface area contributed by atoms with Gasteiger partial charge in [0.05, 0.1) is 18.8 Å². The van der Waals surface area contributed by atoms with Crippen LogP contribution in [0.4, 0.5) is 8.78 Å². The van der Waals surface area contributed by atoms with Crippen molar-refractivity contribution in [2.75, 3.05) is 33.3 Å². The fourth-order valence-corrected chi connectivity index (χ4v) is 2.77. The number of rotatable bonds is 5. The first kappa shape index (κ1) is 15.4. The van der Waals surface area contributed by atoms with Crippen LogP contribution in [0.3, 0.4) is 0 Å². The van der Waals surface area contributed by atoms with E-state index in [1.54, 1.807) is 7.05 Å². The Bertz CT molecular complexity index is 420. The molecule has 1 N–H and O–H groups in total. The number of ether oxygens (including phenoxy) is 1. The lowest BCUT2D eigenvalue weighted by Crippen LogP contribution is -2.47. The van der Waals surface area contributed by atoms with Crippen LogP contribution in [0.5, 0.6) is 0 Å². The van der Waals surface area contributed by atoms with Crippen molar-refractivity contribution in [3.8, 4) is 0 Å². The summed E-state index contributed by atoms with van der Waals surface area (Å²) in [6.07, 6.45) is 0.993. The molecular formula is C15H22F2N2O. The van der Waals surface area contributed by atoms with E-state index in [-0.39, 0.29) is 12.1 Å². The SMILES string of the molecule is CCCN1CCOC(C(NC)c2cc(F)cc(F)c2)C1. The maximum absolute atomic E-state index is 13.4. The third-order valence-electron chi connectivity index (χ3n) is 3.64. The molecule has 2 atom stereocenters. The van der Waals surface area contributed by atoms with Gasteiger partial charge < -0.3 is 10.1 Å². The lowest BCUT2D eigenvalue weighted by Gasteiger charge is -2.37. The van der Waals surface area contributed by atoms with Gasteiger partial charge in [0.25, 0.3) is 0 Å². The number of likely N-dealkylation sites (N-methyl/N-ethyl adjacent to an activating group) is 1. The summed E-state index contributed by atoms with van der Waals surface area (Å²) in [5, 5.41) is 3.12. The van der Waals surface area contributed by atoms with Crippen molar-refractivity contribution in [3.63, 3.8) is 0 Å². The quantitative estimate of drug-likeness (QED) is 0.898. The van der Waals surface area contributed by atoms with Gasteiger partial charge >= 0.3 is 0 Å². The Labute approximate surface area is 118 Å². The Morgan fingerprint density at radius 3 is 2.65 bits per heavy atom. The van der Waals surface area contributed by atoms with E-state index in [9.17, 15) is 8.78 Å². The molecule has 0 bridgehead atoms. The van der Waals surface area contributed by atoms with Crippen LogP contribution in [-0.2, 0) is 4.74 Å². The molecule has 1 aliphatic rings. The topological polar surface area (TPSA) is 24.5 Å². The summed E-state index contributed by atoms with van der Waals surface area (Å²) in [5.74, 6) is -1.11. The average molecular weight is 284 g/mol. The van der Waals surface area contributed by atoms with Crippen molar-refractivity contribution < 1.29 is 13.5 Å². The second kappa shape index (κ2) is 7.11. The molecule has 0 amide bonds. The average Bonchev–Trinajstić information content (AvgIpc) is 2.39. The summed E-state index contributed by atoms with van der Waals surface area (Å²) in [6.45, 7) is 5.51. The Kier molecular flexibility index (Phi) is 5.46. The normalized spacial score (nSPS) is 21.9. The highest BCUT2D eigenvalue weighted by atomic mass is 19.1. The van der Waals surface area contributed by atoms with Gasteiger partial charge in [0.1, 0.15) is 11.6 Å². The molecule has 1 saturated heterocycles. The second-order valence-electron chi connectivity index (χ2n) is 5.18. The summed E-state index contributed by atoms with van der Waals surface area (Å²) in [7, 11) is 1.79. The third-order valence-corrected chi connectivity index (χ3v) is 3.64. The van der Waals surface area contributed by atoms with Gasteiger partial charge in [-0.05, 0) is 37.7 Å². The van der Waals surface area contributed by atoms with Gasteiger partial charge in [-0.2, -0.15) is 0 Å². The summed E-state index contributed by atoms with van der Waals surface area (Å²) >= 11 is 0. The lowest BCUT2D eigenvalue weighted by molar-refractivity contribution is -0.0459. The molecule has 1 heterocycles. The summed E-state index contributed by atoms with van der Waals surface area (Å²) in [4.78, 5) is 2.33. The number of morpholine rings is 1. The van der Waals surface area contributed by atoms with E-state index in [0.717, 1.165) is 32.1 Å². The predicted molar refractivity (Wildman–Crippen MR) is 74.6 cm³/mol. The Morgan fingerprint density at radius 2 is 2.05 bits per heavy atom. The van der Waals surface area contributed by atoms with E-state index in [1.807, 2.05) is 0 Å². The Balaban J connectivity index is 2.14.